The van der Waals surface area contributed by atoms with E-state index in [-0.39, 0.29) is 28.2 Å². The number of carbonyl (C=O) groups excluding carboxylic acids is 1. The average molecular weight is 404 g/mol. The zero-order valence-electron chi connectivity index (χ0n) is 15.6. The normalized spacial score (nSPS) is 15.0. The number of nitrogens with one attached hydrogen (secondary N) is 2. The van der Waals surface area contributed by atoms with Crippen LogP contribution in [0.2, 0.25) is 0 Å². The monoisotopic (exact) mass is 404 g/mol. The lowest BCUT2D eigenvalue weighted by atomic mass is 9.88. The van der Waals surface area contributed by atoms with E-state index >= 15 is 0 Å². The van der Waals surface area contributed by atoms with Gasteiger partial charge in [-0.2, -0.15) is 0 Å². The number of phenolic OH excluding ortho intramolecular Hbond substituents is 1. The van der Waals surface area contributed by atoms with Crippen LogP contribution in [0.25, 0.3) is 0 Å². The molecule has 0 spiro atoms. The molecule has 0 radical (unpaired) electrons. The van der Waals surface area contributed by atoms with Gasteiger partial charge in [0, 0.05) is 5.92 Å². The molecule has 0 atom stereocenters. The minimum atomic E-state index is -3.94. The van der Waals surface area contributed by atoms with Crippen LogP contribution in [0.3, 0.4) is 0 Å². The van der Waals surface area contributed by atoms with Gasteiger partial charge < -0.3 is 15.2 Å². The standard InChI is InChI=1S/C20H24N2O5S/c1-27-19-10-6-5-9-16(19)22-28(25,26)15-11-12-18(23)17(13-15)21-20(24)14-7-3-2-4-8-14/h5-6,9-14,22-23H,2-4,7-8H2,1H3,(H,21,24). The quantitative estimate of drug-likeness (QED) is 0.637. The summed E-state index contributed by atoms with van der Waals surface area (Å²) in [5.74, 6) is -0.0987. The average Bonchev–Trinajstić information content (AvgIpc) is 2.70. The summed E-state index contributed by atoms with van der Waals surface area (Å²) < 4.78 is 33.2. The van der Waals surface area contributed by atoms with Crippen LogP contribution >= 0.6 is 0 Å². The first-order chi connectivity index (χ1) is 13.4. The van der Waals surface area contributed by atoms with Crippen LogP contribution in [-0.2, 0) is 14.8 Å². The number of phenols is 1. The highest BCUT2D eigenvalue weighted by atomic mass is 32.2. The lowest BCUT2D eigenvalue weighted by Gasteiger charge is -2.21. The van der Waals surface area contributed by atoms with Crippen LogP contribution in [0.4, 0.5) is 11.4 Å². The van der Waals surface area contributed by atoms with Crippen molar-refractivity contribution < 1.29 is 23.1 Å². The molecule has 2 aromatic rings. The van der Waals surface area contributed by atoms with Crippen molar-refractivity contribution in [3.63, 3.8) is 0 Å². The van der Waals surface area contributed by atoms with E-state index < -0.39 is 10.0 Å². The fraction of sp³-hybridized carbons (Fsp3) is 0.350. The number of para-hydroxylation sites is 2. The van der Waals surface area contributed by atoms with Gasteiger partial charge in [-0.15, -0.1) is 0 Å². The van der Waals surface area contributed by atoms with Gasteiger partial charge in [-0.1, -0.05) is 31.4 Å². The molecule has 1 amide bonds. The summed E-state index contributed by atoms with van der Waals surface area (Å²) in [5.41, 5.74) is 0.379. The fourth-order valence-electron chi connectivity index (χ4n) is 3.31. The van der Waals surface area contributed by atoms with Crippen molar-refractivity contribution in [3.05, 3.63) is 42.5 Å². The van der Waals surface area contributed by atoms with E-state index in [2.05, 4.69) is 10.0 Å². The Morgan fingerprint density at radius 3 is 2.50 bits per heavy atom. The third kappa shape index (κ3) is 4.56. The second kappa shape index (κ2) is 8.52. The maximum Gasteiger partial charge on any atom is 0.262 e. The largest absolute Gasteiger partial charge is 0.506 e. The molecule has 0 bridgehead atoms. The van der Waals surface area contributed by atoms with Gasteiger partial charge >= 0.3 is 0 Å². The summed E-state index contributed by atoms with van der Waals surface area (Å²) in [6, 6.07) is 10.4. The molecule has 1 aliphatic carbocycles. The number of aromatic hydroxyl groups is 1. The van der Waals surface area contributed by atoms with Crippen molar-refractivity contribution in [1.82, 2.24) is 0 Å². The number of hydrogen-bond donors (Lipinski definition) is 3. The second-order valence-electron chi connectivity index (χ2n) is 6.81. The summed E-state index contributed by atoms with van der Waals surface area (Å²) in [6.07, 6.45) is 4.74. The molecule has 1 aliphatic rings. The van der Waals surface area contributed by atoms with E-state index in [1.807, 2.05) is 0 Å². The molecule has 1 fully saturated rings. The SMILES string of the molecule is COc1ccccc1NS(=O)(=O)c1ccc(O)c(NC(=O)C2CCCCC2)c1. The molecule has 8 heteroatoms. The molecule has 2 aromatic carbocycles. The van der Waals surface area contributed by atoms with E-state index in [1.54, 1.807) is 24.3 Å². The number of amides is 1. The maximum absolute atomic E-state index is 12.8. The van der Waals surface area contributed by atoms with Gasteiger partial charge in [-0.05, 0) is 43.2 Å². The van der Waals surface area contributed by atoms with Crippen LogP contribution in [0, 0.1) is 5.92 Å². The van der Waals surface area contributed by atoms with E-state index in [9.17, 15) is 18.3 Å². The van der Waals surface area contributed by atoms with Crippen LogP contribution in [0.15, 0.2) is 47.4 Å². The summed E-state index contributed by atoms with van der Waals surface area (Å²) >= 11 is 0. The Kier molecular flexibility index (Phi) is 6.08. The summed E-state index contributed by atoms with van der Waals surface area (Å²) in [6.45, 7) is 0. The molecule has 7 nitrogen and oxygen atoms in total. The summed E-state index contributed by atoms with van der Waals surface area (Å²) in [4.78, 5) is 12.4. The fourth-order valence-corrected chi connectivity index (χ4v) is 4.41. The number of ether oxygens (including phenoxy) is 1. The summed E-state index contributed by atoms with van der Waals surface area (Å²) in [7, 11) is -2.49. The van der Waals surface area contributed by atoms with Gasteiger partial charge in [-0.25, -0.2) is 8.42 Å². The van der Waals surface area contributed by atoms with Crippen LogP contribution in [0.5, 0.6) is 11.5 Å². The number of rotatable bonds is 6. The van der Waals surface area contributed by atoms with Crippen molar-refractivity contribution in [3.8, 4) is 11.5 Å². The summed E-state index contributed by atoms with van der Waals surface area (Å²) in [5, 5.41) is 12.7. The minimum absolute atomic E-state index is 0.0739. The van der Waals surface area contributed by atoms with Crippen molar-refractivity contribution in [2.24, 2.45) is 5.92 Å². The number of sulfonamides is 1. The Labute approximate surface area is 164 Å². The Bertz CT molecular complexity index is 953. The smallest absolute Gasteiger partial charge is 0.262 e. The lowest BCUT2D eigenvalue weighted by molar-refractivity contribution is -0.120. The highest BCUT2D eigenvalue weighted by molar-refractivity contribution is 7.92. The molecule has 150 valence electrons. The van der Waals surface area contributed by atoms with E-state index in [0.717, 1.165) is 32.1 Å². The Morgan fingerprint density at radius 2 is 1.79 bits per heavy atom. The van der Waals surface area contributed by atoms with Gasteiger partial charge in [-0.3, -0.25) is 9.52 Å². The van der Waals surface area contributed by atoms with Crippen LogP contribution < -0.4 is 14.8 Å². The van der Waals surface area contributed by atoms with Crippen molar-refractivity contribution in [2.45, 2.75) is 37.0 Å². The molecule has 0 saturated heterocycles. The molecular weight excluding hydrogens is 380 g/mol. The number of anilines is 2. The Balaban J connectivity index is 1.82. The predicted molar refractivity (Wildman–Crippen MR) is 107 cm³/mol. The first-order valence-electron chi connectivity index (χ1n) is 9.20. The lowest BCUT2D eigenvalue weighted by Crippen LogP contribution is -2.25. The van der Waals surface area contributed by atoms with Crippen molar-refractivity contribution >= 4 is 27.3 Å². The predicted octanol–water partition coefficient (Wildman–Crippen LogP) is 3.72. The third-order valence-electron chi connectivity index (χ3n) is 4.86. The van der Waals surface area contributed by atoms with Gasteiger partial charge in [0.05, 0.1) is 23.4 Å². The highest BCUT2D eigenvalue weighted by Gasteiger charge is 2.23. The molecular formula is C20H24N2O5S. The number of carbonyl (C=O) groups is 1. The Hall–Kier alpha value is -2.74. The molecule has 3 N–H and O–H groups in total. The van der Waals surface area contributed by atoms with Crippen LogP contribution in [0.1, 0.15) is 32.1 Å². The molecule has 0 aliphatic heterocycles. The molecule has 0 heterocycles. The van der Waals surface area contributed by atoms with E-state index in [1.165, 1.54) is 25.3 Å². The topological polar surface area (TPSA) is 105 Å². The Morgan fingerprint density at radius 1 is 1.07 bits per heavy atom. The van der Waals surface area contributed by atoms with Gasteiger partial charge in [0.25, 0.3) is 10.0 Å². The van der Waals surface area contributed by atoms with E-state index in [4.69, 9.17) is 4.74 Å². The highest BCUT2D eigenvalue weighted by Crippen LogP contribution is 2.31. The molecule has 3 rings (SSSR count). The second-order valence-corrected chi connectivity index (χ2v) is 8.49. The zero-order chi connectivity index (χ0) is 20.1. The minimum Gasteiger partial charge on any atom is -0.506 e. The number of methoxy groups -OCH3 is 1. The van der Waals surface area contributed by atoms with Gasteiger partial charge in [0.2, 0.25) is 5.91 Å². The van der Waals surface area contributed by atoms with Gasteiger partial charge in [0.15, 0.2) is 0 Å². The number of hydrogen-bond acceptors (Lipinski definition) is 5. The maximum atomic E-state index is 12.8. The molecule has 0 aromatic heterocycles. The zero-order valence-corrected chi connectivity index (χ0v) is 16.5. The molecule has 0 unspecified atom stereocenters. The first-order valence-corrected chi connectivity index (χ1v) is 10.7. The van der Waals surface area contributed by atoms with Gasteiger partial charge in [0.1, 0.15) is 11.5 Å². The number of benzene rings is 2. The molecule has 28 heavy (non-hydrogen) atoms. The van der Waals surface area contributed by atoms with E-state index in [0.29, 0.717) is 11.4 Å². The first kappa shape index (κ1) is 20.0. The van der Waals surface area contributed by atoms with Crippen molar-refractivity contribution in [2.75, 3.05) is 17.1 Å². The van der Waals surface area contributed by atoms with Crippen LogP contribution in [-0.4, -0.2) is 26.5 Å². The third-order valence-corrected chi connectivity index (χ3v) is 6.23. The molecule has 1 saturated carbocycles. The van der Waals surface area contributed by atoms with Crippen molar-refractivity contribution in [1.29, 1.82) is 0 Å².